The van der Waals surface area contributed by atoms with Crippen molar-refractivity contribution in [2.75, 3.05) is 20.6 Å². The monoisotopic (exact) mass is 310 g/mol. The van der Waals surface area contributed by atoms with E-state index in [0.717, 1.165) is 23.1 Å². The number of rotatable bonds is 5. The Morgan fingerprint density at radius 3 is 2.35 bits per heavy atom. The second-order valence-corrected chi connectivity index (χ2v) is 6.42. The average Bonchev–Trinajstić information content (AvgIpc) is 2.91. The summed E-state index contributed by atoms with van der Waals surface area (Å²) in [5.74, 6) is 0.700. The van der Waals surface area contributed by atoms with Crippen LogP contribution in [0.25, 0.3) is 11.0 Å². The van der Waals surface area contributed by atoms with Crippen LogP contribution in [0.2, 0.25) is 0 Å². The Balaban J connectivity index is 2.15. The Bertz CT molecular complexity index is 795. The topological polar surface area (TPSA) is 42.5 Å². The van der Waals surface area contributed by atoms with Gasteiger partial charge < -0.3 is 14.6 Å². The molecule has 0 radical (unpaired) electrons. The molecule has 4 heteroatoms. The van der Waals surface area contributed by atoms with Crippen LogP contribution in [0.1, 0.15) is 17.8 Å². The van der Waals surface area contributed by atoms with Crippen LogP contribution >= 0.6 is 0 Å². The van der Waals surface area contributed by atoms with Gasteiger partial charge in [0.1, 0.15) is 5.82 Å². The highest BCUT2D eigenvalue weighted by Gasteiger charge is 2.36. The first-order chi connectivity index (χ1) is 11.0. The zero-order chi connectivity index (χ0) is 16.4. The second-order valence-electron chi connectivity index (χ2n) is 6.42. The lowest BCUT2D eigenvalue weighted by atomic mass is 9.89. The maximum absolute atomic E-state index is 11.6. The predicted octanol–water partition coefficient (Wildman–Crippen LogP) is 1.34. The van der Waals surface area contributed by atoms with E-state index in [-0.39, 0.29) is 0 Å². The van der Waals surface area contributed by atoms with Gasteiger partial charge in [-0.1, -0.05) is 42.5 Å². The van der Waals surface area contributed by atoms with Crippen LogP contribution in [0.3, 0.4) is 0 Å². The fraction of sp³-hybridized carbons (Fsp3) is 0.316. The molecule has 1 heterocycles. The van der Waals surface area contributed by atoms with Crippen molar-refractivity contribution in [3.05, 3.63) is 66.0 Å². The molecule has 3 rings (SSSR count). The van der Waals surface area contributed by atoms with Gasteiger partial charge >= 0.3 is 0 Å². The zero-order valence-corrected chi connectivity index (χ0v) is 14.0. The van der Waals surface area contributed by atoms with E-state index in [9.17, 15) is 5.11 Å². The van der Waals surface area contributed by atoms with Crippen molar-refractivity contribution in [3.63, 3.8) is 0 Å². The van der Waals surface area contributed by atoms with E-state index >= 15 is 0 Å². The predicted molar refractivity (Wildman–Crippen MR) is 92.4 cm³/mol. The summed E-state index contributed by atoms with van der Waals surface area (Å²) in [5, 5.41) is 11.6. The van der Waals surface area contributed by atoms with Gasteiger partial charge in [-0.05, 0) is 17.7 Å². The highest BCUT2D eigenvalue weighted by molar-refractivity contribution is 5.76. The number of hydrogen-bond donors (Lipinski definition) is 2. The average molecular weight is 310 g/mol. The molecule has 0 aliphatic heterocycles. The summed E-state index contributed by atoms with van der Waals surface area (Å²) in [6.45, 7) is 0.856. The molecule has 1 aromatic heterocycles. The summed E-state index contributed by atoms with van der Waals surface area (Å²) >= 11 is 0. The van der Waals surface area contributed by atoms with Crippen molar-refractivity contribution in [3.8, 4) is 0 Å². The molecule has 0 spiro atoms. The van der Waals surface area contributed by atoms with Gasteiger partial charge in [0.2, 0.25) is 0 Å². The number of imidazole rings is 1. The highest BCUT2D eigenvalue weighted by Crippen LogP contribution is 2.33. The largest absolute Gasteiger partial charge is 0.377 e. The van der Waals surface area contributed by atoms with Gasteiger partial charge in [-0.3, -0.25) is 0 Å². The molecule has 0 fully saturated rings. The number of aromatic nitrogens is 2. The first-order valence-electron chi connectivity index (χ1n) is 8.01. The Kier molecular flexibility index (Phi) is 4.20. The number of quaternary nitrogens is 1. The number of aliphatic hydroxyl groups is 1. The third-order valence-electron chi connectivity index (χ3n) is 4.40. The summed E-state index contributed by atoms with van der Waals surface area (Å²) in [6.07, 6.45) is 0.622. The molecule has 0 saturated carbocycles. The molecule has 2 N–H and O–H groups in total. The molecule has 0 amide bonds. The molecule has 4 nitrogen and oxygen atoms in total. The molecule has 0 saturated heterocycles. The second kappa shape index (κ2) is 6.14. The van der Waals surface area contributed by atoms with Crippen LogP contribution < -0.4 is 4.90 Å². The van der Waals surface area contributed by atoms with Crippen molar-refractivity contribution in [1.29, 1.82) is 0 Å². The standard InChI is InChI=1S/C19H23N3O/c1-21(2)14-13-19(23,15-9-5-4-6-10-15)18-20-16-11-7-8-12-17(16)22(18)3/h4-12,23H,13-14H2,1-3H3/p+1/t19-/m1/s1. The molecule has 3 aromatic rings. The number of aryl methyl sites for hydroxylation is 1. The molecule has 120 valence electrons. The number of hydrogen-bond acceptors (Lipinski definition) is 2. The molecule has 0 aliphatic carbocycles. The fourth-order valence-electron chi connectivity index (χ4n) is 3.05. The van der Waals surface area contributed by atoms with E-state index in [0.29, 0.717) is 12.2 Å². The normalized spacial score (nSPS) is 14.3. The first kappa shape index (κ1) is 15.7. The lowest BCUT2D eigenvalue weighted by molar-refractivity contribution is -0.859. The van der Waals surface area contributed by atoms with Gasteiger partial charge in [0.15, 0.2) is 5.60 Å². The molecular weight excluding hydrogens is 286 g/mol. The number of nitrogens with zero attached hydrogens (tertiary/aromatic N) is 2. The van der Waals surface area contributed by atoms with E-state index in [2.05, 4.69) is 14.1 Å². The minimum atomic E-state index is -1.09. The maximum atomic E-state index is 11.6. The van der Waals surface area contributed by atoms with E-state index in [4.69, 9.17) is 4.98 Å². The lowest BCUT2D eigenvalue weighted by Crippen LogP contribution is -3.05. The quantitative estimate of drug-likeness (QED) is 0.747. The Morgan fingerprint density at radius 2 is 1.70 bits per heavy atom. The third-order valence-corrected chi connectivity index (χ3v) is 4.40. The van der Waals surface area contributed by atoms with Gasteiger partial charge in [0.25, 0.3) is 0 Å². The molecule has 2 aromatic carbocycles. The molecule has 0 bridgehead atoms. The Morgan fingerprint density at radius 1 is 1.04 bits per heavy atom. The summed E-state index contributed by atoms with van der Waals surface area (Å²) in [7, 11) is 6.17. The van der Waals surface area contributed by atoms with E-state index in [1.54, 1.807) is 0 Å². The van der Waals surface area contributed by atoms with E-state index in [1.807, 2.05) is 66.2 Å². The van der Waals surface area contributed by atoms with Gasteiger partial charge in [-0.2, -0.15) is 0 Å². The van der Waals surface area contributed by atoms with Crippen LogP contribution in [-0.4, -0.2) is 35.3 Å². The summed E-state index contributed by atoms with van der Waals surface area (Å²) in [6, 6.07) is 17.8. The zero-order valence-electron chi connectivity index (χ0n) is 14.0. The number of fused-ring (bicyclic) bond motifs is 1. The van der Waals surface area contributed by atoms with Crippen LogP contribution in [-0.2, 0) is 12.6 Å². The minimum Gasteiger partial charge on any atom is -0.377 e. The van der Waals surface area contributed by atoms with Gasteiger partial charge in [0.05, 0.1) is 31.7 Å². The van der Waals surface area contributed by atoms with Crippen molar-refractivity contribution in [2.24, 2.45) is 7.05 Å². The van der Waals surface area contributed by atoms with Gasteiger partial charge in [0, 0.05) is 13.5 Å². The number of nitrogens with one attached hydrogen (secondary N) is 1. The molecular formula is C19H24N3O+. The van der Waals surface area contributed by atoms with Crippen LogP contribution in [0.15, 0.2) is 54.6 Å². The van der Waals surface area contributed by atoms with Crippen molar-refractivity contribution >= 4 is 11.0 Å². The van der Waals surface area contributed by atoms with Crippen molar-refractivity contribution < 1.29 is 10.0 Å². The smallest absolute Gasteiger partial charge is 0.152 e. The van der Waals surface area contributed by atoms with Crippen LogP contribution in [0, 0.1) is 0 Å². The van der Waals surface area contributed by atoms with Crippen LogP contribution in [0.4, 0.5) is 0 Å². The Hall–Kier alpha value is -2.17. The molecule has 1 atom stereocenters. The van der Waals surface area contributed by atoms with Gasteiger partial charge in [-0.25, -0.2) is 4.98 Å². The SMILES string of the molecule is Cn1c([C@@](O)(CC[NH+](C)C)c2ccccc2)nc2ccccc21. The molecule has 23 heavy (non-hydrogen) atoms. The fourth-order valence-corrected chi connectivity index (χ4v) is 3.05. The first-order valence-corrected chi connectivity index (χ1v) is 8.01. The van der Waals surface area contributed by atoms with Crippen molar-refractivity contribution in [1.82, 2.24) is 9.55 Å². The summed E-state index contributed by atoms with van der Waals surface area (Å²) in [4.78, 5) is 6.05. The van der Waals surface area contributed by atoms with Crippen molar-refractivity contribution in [2.45, 2.75) is 12.0 Å². The number of benzene rings is 2. The van der Waals surface area contributed by atoms with Gasteiger partial charge in [-0.15, -0.1) is 0 Å². The minimum absolute atomic E-state index is 0.622. The number of para-hydroxylation sites is 2. The molecule has 0 aliphatic rings. The maximum Gasteiger partial charge on any atom is 0.152 e. The highest BCUT2D eigenvalue weighted by atomic mass is 16.3. The Labute approximate surface area is 137 Å². The summed E-state index contributed by atoms with van der Waals surface area (Å²) < 4.78 is 2.01. The molecule has 0 unspecified atom stereocenters. The third kappa shape index (κ3) is 2.87. The lowest BCUT2D eigenvalue weighted by Gasteiger charge is -2.28. The summed E-state index contributed by atoms with van der Waals surface area (Å²) in [5.41, 5.74) is 1.75. The van der Waals surface area contributed by atoms with E-state index < -0.39 is 5.60 Å². The van der Waals surface area contributed by atoms with Crippen LogP contribution in [0.5, 0.6) is 0 Å². The van der Waals surface area contributed by atoms with E-state index in [1.165, 1.54) is 4.90 Å².